The fourth-order valence-electron chi connectivity index (χ4n) is 2.83. The van der Waals surface area contributed by atoms with Crippen LogP contribution in [0.15, 0.2) is 39.7 Å². The predicted octanol–water partition coefficient (Wildman–Crippen LogP) is 5.08. The Morgan fingerprint density at radius 3 is 2.58 bits per heavy atom. The summed E-state index contributed by atoms with van der Waals surface area (Å²) in [4.78, 5) is 17.2. The molecule has 0 aliphatic heterocycles. The lowest BCUT2D eigenvalue weighted by Crippen LogP contribution is -2.19. The molecule has 0 bridgehead atoms. The molecule has 6 heteroatoms. The van der Waals surface area contributed by atoms with Crippen LogP contribution < -0.4 is 5.56 Å². The van der Waals surface area contributed by atoms with E-state index in [2.05, 4.69) is 27.4 Å². The number of fused-ring (bicyclic) bond motifs is 1. The van der Waals surface area contributed by atoms with Crippen molar-refractivity contribution in [2.24, 2.45) is 0 Å². The van der Waals surface area contributed by atoms with Crippen molar-refractivity contribution >= 4 is 33.3 Å². The smallest absolute Gasteiger partial charge is 0.260 e. The zero-order valence-corrected chi connectivity index (χ0v) is 16.1. The summed E-state index contributed by atoms with van der Waals surface area (Å²) in [6.45, 7) is 4.99. The van der Waals surface area contributed by atoms with Crippen LogP contribution in [-0.4, -0.2) is 14.0 Å². The summed E-state index contributed by atoms with van der Waals surface area (Å²) in [5, 5.41) is 0.675. The molecule has 0 radical (unpaired) electrons. The Bertz CT molecular complexity index is 928. The minimum atomic E-state index is -0.0752. The van der Waals surface area contributed by atoms with Crippen LogP contribution in [0.5, 0.6) is 0 Å². The highest BCUT2D eigenvalue weighted by Gasteiger charge is 2.17. The van der Waals surface area contributed by atoms with Gasteiger partial charge in [0.1, 0.15) is 10.3 Å². The van der Waals surface area contributed by atoms with E-state index in [1.165, 1.54) is 0 Å². The number of rotatable bonds is 5. The lowest BCUT2D eigenvalue weighted by Gasteiger charge is -2.11. The van der Waals surface area contributed by atoms with E-state index in [0.29, 0.717) is 15.4 Å². The molecule has 24 heavy (non-hydrogen) atoms. The molecule has 126 valence electrons. The highest BCUT2D eigenvalue weighted by Crippen LogP contribution is 2.29. The summed E-state index contributed by atoms with van der Waals surface area (Å²) in [5.74, 6) is 0.674. The molecule has 0 fully saturated rings. The number of halogens is 2. The summed E-state index contributed by atoms with van der Waals surface area (Å²) in [6.07, 6.45) is 3.38. The second kappa shape index (κ2) is 7.11. The molecule has 0 N–H and O–H groups in total. The number of unbranched alkanes of at least 4 members (excludes halogenated alkanes) is 2. The Morgan fingerprint density at radius 1 is 1.21 bits per heavy atom. The van der Waals surface area contributed by atoms with Crippen LogP contribution in [0.1, 0.15) is 31.9 Å². The first-order valence-corrected chi connectivity index (χ1v) is 9.24. The molecule has 0 unspecified atom stereocenters. The van der Waals surface area contributed by atoms with Crippen molar-refractivity contribution in [1.29, 1.82) is 0 Å². The highest BCUT2D eigenvalue weighted by molar-refractivity contribution is 9.10. The van der Waals surface area contributed by atoms with Gasteiger partial charge in [0, 0.05) is 28.9 Å². The molecule has 1 aromatic carbocycles. The van der Waals surface area contributed by atoms with Crippen LogP contribution in [0.2, 0.25) is 5.02 Å². The first-order valence-electron chi connectivity index (χ1n) is 8.07. The van der Waals surface area contributed by atoms with Crippen molar-refractivity contribution in [3.63, 3.8) is 0 Å². The van der Waals surface area contributed by atoms with Gasteiger partial charge in [0.2, 0.25) is 5.78 Å². The molecule has 3 aromatic rings. The number of imidazole rings is 1. The summed E-state index contributed by atoms with van der Waals surface area (Å²) in [7, 11) is 0. The van der Waals surface area contributed by atoms with Crippen molar-refractivity contribution in [2.75, 3.05) is 0 Å². The average molecular weight is 409 g/mol. The molecular weight excluding hydrogens is 390 g/mol. The van der Waals surface area contributed by atoms with E-state index < -0.39 is 0 Å². The van der Waals surface area contributed by atoms with Crippen LogP contribution in [0, 0.1) is 6.92 Å². The zero-order valence-electron chi connectivity index (χ0n) is 13.7. The second-order valence-electron chi connectivity index (χ2n) is 5.88. The molecule has 4 nitrogen and oxygen atoms in total. The van der Waals surface area contributed by atoms with Gasteiger partial charge in [-0.3, -0.25) is 4.79 Å². The highest BCUT2D eigenvalue weighted by atomic mass is 79.9. The van der Waals surface area contributed by atoms with E-state index in [4.69, 9.17) is 16.6 Å². The summed E-state index contributed by atoms with van der Waals surface area (Å²) >= 11 is 9.52. The monoisotopic (exact) mass is 407 g/mol. The van der Waals surface area contributed by atoms with E-state index in [9.17, 15) is 4.79 Å². The van der Waals surface area contributed by atoms with Crippen molar-refractivity contribution in [2.45, 2.75) is 39.7 Å². The normalized spacial score (nSPS) is 11.3. The van der Waals surface area contributed by atoms with Crippen molar-refractivity contribution in [1.82, 2.24) is 14.0 Å². The lowest BCUT2D eigenvalue weighted by molar-refractivity contribution is 0.590. The SMILES string of the molecule is CCCCCn1c(C)cc(=O)n2c(Br)c(-c3ccc(Cl)cc3)nc12. The number of hydrogen-bond donors (Lipinski definition) is 0. The predicted molar refractivity (Wildman–Crippen MR) is 102 cm³/mol. The van der Waals surface area contributed by atoms with Gasteiger partial charge in [0.15, 0.2) is 0 Å². The molecule has 3 rings (SSSR count). The van der Waals surface area contributed by atoms with Gasteiger partial charge in [-0.15, -0.1) is 0 Å². The van der Waals surface area contributed by atoms with Gasteiger partial charge in [0.05, 0.1) is 0 Å². The maximum atomic E-state index is 12.5. The molecule has 0 saturated heterocycles. The Kier molecular flexibility index (Phi) is 5.11. The first kappa shape index (κ1) is 17.2. The second-order valence-corrected chi connectivity index (χ2v) is 7.06. The molecule has 0 amide bonds. The van der Waals surface area contributed by atoms with E-state index in [1.807, 2.05) is 31.2 Å². The molecular formula is C18H19BrClN3O. The van der Waals surface area contributed by atoms with Gasteiger partial charge in [0.25, 0.3) is 5.56 Å². The quantitative estimate of drug-likeness (QED) is 0.552. The van der Waals surface area contributed by atoms with E-state index in [-0.39, 0.29) is 5.56 Å². The number of nitrogens with zero attached hydrogens (tertiary/aromatic N) is 3. The van der Waals surface area contributed by atoms with Crippen LogP contribution in [0.4, 0.5) is 0 Å². The standard InChI is InChI=1S/C18H19BrClN3O/c1-3-4-5-10-22-12(2)11-15(24)23-17(19)16(21-18(22)23)13-6-8-14(20)9-7-13/h6-9,11H,3-5,10H2,1-2H3. The largest absolute Gasteiger partial charge is 0.315 e. The van der Waals surface area contributed by atoms with Gasteiger partial charge in [-0.25, -0.2) is 9.38 Å². The lowest BCUT2D eigenvalue weighted by atomic mass is 10.2. The summed E-state index contributed by atoms with van der Waals surface area (Å²) in [6, 6.07) is 9.14. The topological polar surface area (TPSA) is 39.3 Å². The third-order valence-electron chi connectivity index (χ3n) is 4.13. The Morgan fingerprint density at radius 2 is 1.92 bits per heavy atom. The molecule has 2 aromatic heterocycles. The average Bonchev–Trinajstić information content (AvgIpc) is 2.89. The van der Waals surface area contributed by atoms with E-state index >= 15 is 0 Å². The fourth-order valence-corrected chi connectivity index (χ4v) is 3.61. The van der Waals surface area contributed by atoms with Gasteiger partial charge < -0.3 is 4.57 Å². The molecule has 0 atom stereocenters. The van der Waals surface area contributed by atoms with Crippen LogP contribution in [0.3, 0.4) is 0 Å². The van der Waals surface area contributed by atoms with E-state index in [0.717, 1.165) is 42.8 Å². The van der Waals surface area contributed by atoms with Crippen molar-refractivity contribution in [3.8, 4) is 11.3 Å². The minimum Gasteiger partial charge on any atom is -0.315 e. The maximum absolute atomic E-state index is 12.5. The molecule has 0 aliphatic carbocycles. The fraction of sp³-hybridized carbons (Fsp3) is 0.333. The van der Waals surface area contributed by atoms with Crippen molar-refractivity contribution < 1.29 is 0 Å². The molecule has 0 saturated carbocycles. The zero-order chi connectivity index (χ0) is 17.3. The van der Waals surface area contributed by atoms with Crippen LogP contribution in [0.25, 0.3) is 17.0 Å². The summed E-state index contributed by atoms with van der Waals surface area (Å²) < 4.78 is 4.42. The summed E-state index contributed by atoms with van der Waals surface area (Å²) in [5.41, 5.74) is 2.53. The van der Waals surface area contributed by atoms with E-state index in [1.54, 1.807) is 10.5 Å². The first-order chi connectivity index (χ1) is 11.5. The van der Waals surface area contributed by atoms with Crippen molar-refractivity contribution in [3.05, 3.63) is 56.0 Å². The van der Waals surface area contributed by atoms with Gasteiger partial charge >= 0.3 is 0 Å². The van der Waals surface area contributed by atoms with Gasteiger partial charge in [-0.2, -0.15) is 0 Å². The van der Waals surface area contributed by atoms with Gasteiger partial charge in [-0.05, 0) is 41.4 Å². The number of benzene rings is 1. The Hall–Kier alpha value is -1.59. The number of aromatic nitrogens is 3. The number of aryl methyl sites for hydroxylation is 2. The molecule has 0 aliphatic rings. The van der Waals surface area contributed by atoms with Gasteiger partial charge in [-0.1, -0.05) is 43.5 Å². The third-order valence-corrected chi connectivity index (χ3v) is 5.11. The number of hydrogen-bond acceptors (Lipinski definition) is 2. The molecule has 2 heterocycles. The minimum absolute atomic E-state index is 0.0752. The maximum Gasteiger partial charge on any atom is 0.260 e. The Labute approximate surface area is 154 Å². The van der Waals surface area contributed by atoms with Crippen LogP contribution in [-0.2, 0) is 6.54 Å². The van der Waals surface area contributed by atoms with Crippen LogP contribution >= 0.6 is 27.5 Å². The third kappa shape index (κ3) is 3.15. The Balaban J connectivity index is 2.18. The molecule has 0 spiro atoms.